The van der Waals surface area contributed by atoms with Crippen LogP contribution in [-0.2, 0) is 0 Å². The maximum atomic E-state index is 9.62. The Kier molecular flexibility index (Phi) is 5.56. The van der Waals surface area contributed by atoms with Crippen molar-refractivity contribution in [1.29, 1.82) is 0 Å². The number of aromatic hydroxyl groups is 1. The van der Waals surface area contributed by atoms with E-state index in [4.69, 9.17) is 0 Å². The molecule has 0 bridgehead atoms. The Labute approximate surface area is 184 Å². The van der Waals surface area contributed by atoms with Crippen LogP contribution in [0.1, 0.15) is 40.7 Å². The molecule has 2 nitrogen and oxygen atoms in total. The van der Waals surface area contributed by atoms with Crippen molar-refractivity contribution in [3.05, 3.63) is 112 Å². The molecular formula is C29H27NO. The first-order chi connectivity index (χ1) is 15.3. The Hall–Kier alpha value is -3.36. The first-order valence-electron chi connectivity index (χ1n) is 11.0. The minimum Gasteiger partial charge on any atom is -0.508 e. The van der Waals surface area contributed by atoms with Gasteiger partial charge in [-0.05, 0) is 58.4 Å². The number of likely N-dealkylation sites (tertiary alicyclic amines) is 1. The summed E-state index contributed by atoms with van der Waals surface area (Å²) in [6.45, 7) is 3.08. The highest BCUT2D eigenvalue weighted by atomic mass is 16.3. The number of phenolic OH excluding ortho intramolecular Hbond substituents is 1. The molecule has 0 radical (unpaired) electrons. The minimum atomic E-state index is 0.315. The van der Waals surface area contributed by atoms with E-state index < -0.39 is 0 Å². The van der Waals surface area contributed by atoms with Gasteiger partial charge in [0, 0.05) is 19.6 Å². The number of phenols is 1. The monoisotopic (exact) mass is 405 g/mol. The van der Waals surface area contributed by atoms with Gasteiger partial charge in [0.15, 0.2) is 0 Å². The normalized spacial score (nSPS) is 16.3. The minimum absolute atomic E-state index is 0.315. The van der Waals surface area contributed by atoms with Gasteiger partial charge in [-0.15, -0.1) is 0 Å². The van der Waals surface area contributed by atoms with Crippen LogP contribution in [0.4, 0.5) is 0 Å². The van der Waals surface area contributed by atoms with Crippen LogP contribution < -0.4 is 0 Å². The predicted molar refractivity (Wildman–Crippen MR) is 131 cm³/mol. The number of nitrogens with zero attached hydrogens (tertiary/aromatic N) is 1. The lowest BCUT2D eigenvalue weighted by molar-refractivity contribution is 0.284. The highest BCUT2D eigenvalue weighted by molar-refractivity contribution is 5.94. The molecule has 0 saturated carbocycles. The van der Waals surface area contributed by atoms with Crippen LogP contribution in [0.5, 0.6) is 5.75 Å². The molecule has 2 heteroatoms. The van der Waals surface area contributed by atoms with Gasteiger partial charge in [-0.25, -0.2) is 0 Å². The zero-order chi connectivity index (χ0) is 21.0. The number of hydrogen-bond acceptors (Lipinski definition) is 2. The van der Waals surface area contributed by atoms with Gasteiger partial charge < -0.3 is 5.11 Å². The van der Waals surface area contributed by atoms with E-state index >= 15 is 0 Å². The van der Waals surface area contributed by atoms with Gasteiger partial charge in [-0.2, -0.15) is 0 Å². The number of hydrogen-bond donors (Lipinski definition) is 1. The molecule has 1 N–H and O–H groups in total. The summed E-state index contributed by atoms with van der Waals surface area (Å²) in [6, 6.07) is 25.0. The molecule has 0 unspecified atom stereocenters. The van der Waals surface area contributed by atoms with Gasteiger partial charge in [-0.1, -0.05) is 90.5 Å². The lowest BCUT2D eigenvalue weighted by Crippen LogP contribution is -2.31. The van der Waals surface area contributed by atoms with E-state index in [0.29, 0.717) is 5.75 Å². The molecule has 0 aromatic heterocycles. The third-order valence-electron chi connectivity index (χ3n) is 6.26. The van der Waals surface area contributed by atoms with Crippen LogP contribution in [0.15, 0.2) is 84.4 Å². The zero-order valence-corrected chi connectivity index (χ0v) is 17.7. The zero-order valence-electron chi connectivity index (χ0n) is 17.7. The predicted octanol–water partition coefficient (Wildman–Crippen LogP) is 6.49. The van der Waals surface area contributed by atoms with E-state index in [-0.39, 0.29) is 0 Å². The lowest BCUT2D eigenvalue weighted by atomic mass is 9.86. The molecule has 1 aliphatic carbocycles. The first-order valence-corrected chi connectivity index (χ1v) is 11.0. The van der Waals surface area contributed by atoms with Crippen molar-refractivity contribution >= 4 is 23.8 Å². The second kappa shape index (κ2) is 8.79. The van der Waals surface area contributed by atoms with Gasteiger partial charge in [0.25, 0.3) is 0 Å². The van der Waals surface area contributed by atoms with Crippen LogP contribution in [0.2, 0.25) is 0 Å². The largest absolute Gasteiger partial charge is 0.508 e. The molecule has 0 spiro atoms. The van der Waals surface area contributed by atoms with Crippen molar-refractivity contribution in [1.82, 2.24) is 4.90 Å². The van der Waals surface area contributed by atoms with Crippen LogP contribution >= 0.6 is 0 Å². The van der Waals surface area contributed by atoms with Gasteiger partial charge in [-0.3, -0.25) is 4.90 Å². The van der Waals surface area contributed by atoms with E-state index in [9.17, 15) is 5.11 Å². The smallest absolute Gasteiger partial charge is 0.116 e. The summed E-state index contributed by atoms with van der Waals surface area (Å²) in [6.07, 6.45) is 11.0. The van der Waals surface area contributed by atoms with Crippen molar-refractivity contribution in [3.8, 4) is 5.75 Å². The number of piperidine rings is 1. The van der Waals surface area contributed by atoms with E-state index in [0.717, 1.165) is 38.0 Å². The fourth-order valence-corrected chi connectivity index (χ4v) is 4.67. The molecule has 1 aliphatic heterocycles. The molecule has 2 aliphatic rings. The molecule has 3 aromatic carbocycles. The summed E-state index contributed by atoms with van der Waals surface area (Å²) >= 11 is 0. The second-order valence-corrected chi connectivity index (χ2v) is 8.28. The average molecular weight is 406 g/mol. The molecular weight excluding hydrogens is 378 g/mol. The summed E-state index contributed by atoms with van der Waals surface area (Å²) < 4.78 is 0. The molecule has 31 heavy (non-hydrogen) atoms. The van der Waals surface area contributed by atoms with Crippen LogP contribution in [0.25, 0.3) is 23.8 Å². The Morgan fingerprint density at radius 1 is 0.774 bits per heavy atom. The fraction of sp³-hybridized carbons (Fsp3) is 0.172. The van der Waals surface area contributed by atoms with Crippen LogP contribution in [-0.4, -0.2) is 29.6 Å². The van der Waals surface area contributed by atoms with Gasteiger partial charge in [0.2, 0.25) is 0 Å². The Morgan fingerprint density at radius 2 is 1.42 bits per heavy atom. The van der Waals surface area contributed by atoms with E-state index in [1.54, 1.807) is 17.7 Å². The Morgan fingerprint density at radius 3 is 2.06 bits per heavy atom. The number of rotatable bonds is 3. The third kappa shape index (κ3) is 4.26. The maximum absolute atomic E-state index is 9.62. The molecule has 3 aromatic rings. The molecule has 1 saturated heterocycles. The van der Waals surface area contributed by atoms with Crippen molar-refractivity contribution in [2.45, 2.75) is 12.8 Å². The van der Waals surface area contributed by atoms with E-state index in [1.165, 1.54) is 27.8 Å². The van der Waals surface area contributed by atoms with Crippen LogP contribution in [0, 0.1) is 0 Å². The van der Waals surface area contributed by atoms with Crippen molar-refractivity contribution < 1.29 is 5.11 Å². The molecule has 154 valence electrons. The number of benzene rings is 3. The highest BCUT2D eigenvalue weighted by Gasteiger charge is 2.21. The standard InChI is InChI=1S/C29H27NO/c31-26-11-5-7-22(21-26)8-6-18-30-19-16-25(17-20-30)29-27-12-3-1-9-23(27)14-15-24-10-2-4-13-28(24)29/h1-15,21,31H,16-20H2. The molecule has 0 atom stereocenters. The van der Waals surface area contributed by atoms with Crippen molar-refractivity contribution in [3.63, 3.8) is 0 Å². The third-order valence-corrected chi connectivity index (χ3v) is 6.26. The Balaban J connectivity index is 1.37. The quantitative estimate of drug-likeness (QED) is 0.421. The van der Waals surface area contributed by atoms with Crippen molar-refractivity contribution in [2.75, 3.05) is 19.6 Å². The summed E-state index contributed by atoms with van der Waals surface area (Å²) in [7, 11) is 0. The average Bonchev–Trinajstić information content (AvgIpc) is 2.97. The topological polar surface area (TPSA) is 23.5 Å². The van der Waals surface area contributed by atoms with Crippen LogP contribution in [0.3, 0.4) is 0 Å². The first kappa shape index (κ1) is 19.6. The van der Waals surface area contributed by atoms with Crippen molar-refractivity contribution in [2.24, 2.45) is 0 Å². The molecule has 5 rings (SSSR count). The SMILES string of the molecule is Oc1cccc(C=CCN2CCC(=C3c4ccccc4C=Cc4ccccc43)CC2)c1. The van der Waals surface area contributed by atoms with Gasteiger partial charge in [0.05, 0.1) is 0 Å². The fourth-order valence-electron chi connectivity index (χ4n) is 4.67. The number of fused-ring (bicyclic) bond motifs is 2. The van der Waals surface area contributed by atoms with Gasteiger partial charge >= 0.3 is 0 Å². The molecule has 1 heterocycles. The highest BCUT2D eigenvalue weighted by Crippen LogP contribution is 2.38. The van der Waals surface area contributed by atoms with Gasteiger partial charge in [0.1, 0.15) is 5.75 Å². The summed E-state index contributed by atoms with van der Waals surface area (Å²) in [5.74, 6) is 0.315. The maximum Gasteiger partial charge on any atom is 0.116 e. The Bertz CT molecular complexity index is 1120. The lowest BCUT2D eigenvalue weighted by Gasteiger charge is -2.29. The van der Waals surface area contributed by atoms with E-state index in [1.807, 2.05) is 12.1 Å². The molecule has 1 fully saturated rings. The second-order valence-electron chi connectivity index (χ2n) is 8.28. The molecule has 0 amide bonds. The summed E-state index contributed by atoms with van der Waals surface area (Å²) in [5, 5.41) is 9.62. The van der Waals surface area contributed by atoms with E-state index in [2.05, 4.69) is 77.7 Å². The summed E-state index contributed by atoms with van der Waals surface area (Å²) in [5.41, 5.74) is 9.36. The summed E-state index contributed by atoms with van der Waals surface area (Å²) in [4.78, 5) is 2.51.